The summed E-state index contributed by atoms with van der Waals surface area (Å²) in [7, 11) is 0. The van der Waals surface area contributed by atoms with Gasteiger partial charge in [0.15, 0.2) is 0 Å². The summed E-state index contributed by atoms with van der Waals surface area (Å²) in [5.41, 5.74) is 3.01. The highest BCUT2D eigenvalue weighted by Crippen LogP contribution is 2.23. The van der Waals surface area contributed by atoms with E-state index in [4.69, 9.17) is 5.84 Å². The van der Waals surface area contributed by atoms with Crippen LogP contribution < -0.4 is 11.3 Å². The summed E-state index contributed by atoms with van der Waals surface area (Å²) in [6, 6.07) is 0. The van der Waals surface area contributed by atoms with Crippen molar-refractivity contribution in [2.45, 2.75) is 32.4 Å². The van der Waals surface area contributed by atoms with Crippen LogP contribution in [-0.2, 0) is 12.2 Å². The minimum atomic E-state index is -0.235. The molecule has 0 bridgehead atoms. The lowest BCUT2D eigenvalue weighted by Gasteiger charge is -1.95. The van der Waals surface area contributed by atoms with Crippen LogP contribution in [0, 0.1) is 0 Å². The van der Waals surface area contributed by atoms with Crippen molar-refractivity contribution in [3.8, 4) is 0 Å². The number of rotatable bonds is 6. The van der Waals surface area contributed by atoms with Crippen LogP contribution in [-0.4, -0.2) is 16.6 Å². The summed E-state index contributed by atoms with van der Waals surface area (Å²) < 4.78 is 0. The third-order valence-electron chi connectivity index (χ3n) is 1.99. The molecule has 16 heavy (non-hydrogen) atoms. The van der Waals surface area contributed by atoms with Crippen molar-refractivity contribution in [1.82, 2.24) is 10.4 Å². The van der Waals surface area contributed by atoms with Crippen molar-refractivity contribution < 1.29 is 4.79 Å². The van der Waals surface area contributed by atoms with E-state index >= 15 is 0 Å². The quantitative estimate of drug-likeness (QED) is 0.355. The van der Waals surface area contributed by atoms with E-state index in [0.29, 0.717) is 4.88 Å². The molecule has 0 radical (unpaired) electrons. The molecule has 0 saturated carbocycles. The largest absolute Gasteiger partial charge is 0.289 e. The zero-order chi connectivity index (χ0) is 12.0. The van der Waals surface area contributed by atoms with Gasteiger partial charge in [-0.2, -0.15) is 11.8 Å². The predicted octanol–water partition coefficient (Wildman–Crippen LogP) is 1.95. The number of nitrogens with one attached hydrogen (secondary N) is 1. The first kappa shape index (κ1) is 13.5. The number of carbonyl (C=O) groups is 1. The number of thioether (sulfide) groups is 1. The maximum absolute atomic E-state index is 11.5. The molecule has 0 saturated heterocycles. The molecule has 90 valence electrons. The Morgan fingerprint density at radius 1 is 1.56 bits per heavy atom. The Labute approximate surface area is 104 Å². The molecule has 1 heterocycles. The molecule has 1 aromatic heterocycles. The van der Waals surface area contributed by atoms with Crippen molar-refractivity contribution in [1.29, 1.82) is 0 Å². The Kier molecular flexibility index (Phi) is 5.79. The second kappa shape index (κ2) is 6.88. The van der Waals surface area contributed by atoms with Gasteiger partial charge in [0.05, 0.1) is 5.69 Å². The van der Waals surface area contributed by atoms with Crippen LogP contribution >= 0.6 is 23.1 Å². The summed E-state index contributed by atoms with van der Waals surface area (Å²) in [4.78, 5) is 16.6. The van der Waals surface area contributed by atoms with E-state index in [9.17, 15) is 4.79 Å². The summed E-state index contributed by atoms with van der Waals surface area (Å²) in [5, 5.41) is 1.01. The highest BCUT2D eigenvalue weighted by Gasteiger charge is 2.15. The van der Waals surface area contributed by atoms with Gasteiger partial charge in [-0.25, -0.2) is 10.8 Å². The Morgan fingerprint density at radius 2 is 2.31 bits per heavy atom. The van der Waals surface area contributed by atoms with Crippen LogP contribution in [0.4, 0.5) is 0 Å². The van der Waals surface area contributed by atoms with Crippen LogP contribution in [0.15, 0.2) is 0 Å². The summed E-state index contributed by atoms with van der Waals surface area (Å²) in [6.45, 7) is 4.14. The molecule has 0 aliphatic carbocycles. The van der Waals surface area contributed by atoms with Gasteiger partial charge in [-0.05, 0) is 18.6 Å². The first-order chi connectivity index (χ1) is 7.72. The van der Waals surface area contributed by atoms with E-state index in [1.54, 1.807) is 0 Å². The summed E-state index contributed by atoms with van der Waals surface area (Å²) >= 11 is 3.29. The molecular formula is C10H17N3OS2. The SMILES string of the molecule is CCCSCc1nc(CC)c(C(=O)NN)s1. The molecule has 0 aliphatic rings. The number of carbonyl (C=O) groups excluding carboxylic acids is 1. The van der Waals surface area contributed by atoms with Gasteiger partial charge in [-0.15, -0.1) is 11.3 Å². The summed E-state index contributed by atoms with van der Waals surface area (Å²) in [5.74, 6) is 6.90. The Hall–Kier alpha value is -0.590. The van der Waals surface area contributed by atoms with Gasteiger partial charge >= 0.3 is 0 Å². The minimum absolute atomic E-state index is 0.235. The fourth-order valence-corrected chi connectivity index (χ4v) is 3.26. The van der Waals surface area contributed by atoms with Crippen LogP contribution in [0.1, 0.15) is 40.6 Å². The number of aryl methyl sites for hydroxylation is 1. The zero-order valence-corrected chi connectivity index (χ0v) is 11.2. The van der Waals surface area contributed by atoms with Gasteiger partial charge in [-0.3, -0.25) is 10.2 Å². The number of amides is 1. The molecule has 1 amide bonds. The van der Waals surface area contributed by atoms with E-state index in [0.717, 1.165) is 35.0 Å². The van der Waals surface area contributed by atoms with E-state index in [2.05, 4.69) is 17.3 Å². The van der Waals surface area contributed by atoms with E-state index in [1.165, 1.54) is 11.3 Å². The van der Waals surface area contributed by atoms with Crippen LogP contribution in [0.2, 0.25) is 0 Å². The molecule has 0 unspecified atom stereocenters. The smallest absolute Gasteiger partial charge is 0.277 e. The van der Waals surface area contributed by atoms with Crippen molar-refractivity contribution in [3.63, 3.8) is 0 Å². The second-order valence-corrected chi connectivity index (χ2v) is 5.45. The van der Waals surface area contributed by atoms with Gasteiger partial charge in [0.2, 0.25) is 0 Å². The van der Waals surface area contributed by atoms with Gasteiger partial charge in [0, 0.05) is 5.75 Å². The van der Waals surface area contributed by atoms with Crippen molar-refractivity contribution in [2.75, 3.05) is 5.75 Å². The molecule has 6 heteroatoms. The predicted molar refractivity (Wildman–Crippen MR) is 69.6 cm³/mol. The Morgan fingerprint density at radius 3 is 2.88 bits per heavy atom. The summed E-state index contributed by atoms with van der Waals surface area (Å²) in [6.07, 6.45) is 1.92. The lowest BCUT2D eigenvalue weighted by atomic mass is 10.3. The highest BCUT2D eigenvalue weighted by atomic mass is 32.2. The molecule has 1 aromatic rings. The van der Waals surface area contributed by atoms with Crippen LogP contribution in [0.3, 0.4) is 0 Å². The first-order valence-corrected chi connectivity index (χ1v) is 7.27. The molecule has 0 spiro atoms. The minimum Gasteiger partial charge on any atom is -0.289 e. The van der Waals surface area contributed by atoms with Crippen molar-refractivity contribution >= 4 is 29.0 Å². The molecule has 3 N–H and O–H groups in total. The standard InChI is InChI=1S/C10H17N3OS2/c1-3-5-15-6-8-12-7(4-2)9(16-8)10(14)13-11/h3-6,11H2,1-2H3,(H,13,14). The number of aromatic nitrogens is 1. The maximum atomic E-state index is 11.5. The number of nitrogens with zero attached hydrogens (tertiary/aromatic N) is 1. The van der Waals surface area contributed by atoms with Crippen molar-refractivity contribution in [3.05, 3.63) is 15.6 Å². The molecule has 0 aliphatic heterocycles. The molecule has 0 fully saturated rings. The number of hydrogen-bond acceptors (Lipinski definition) is 5. The monoisotopic (exact) mass is 259 g/mol. The fraction of sp³-hybridized carbons (Fsp3) is 0.600. The number of nitrogen functional groups attached to an aromatic ring is 1. The number of nitrogens with two attached hydrogens (primary N) is 1. The average Bonchev–Trinajstić information content (AvgIpc) is 2.71. The number of hydrogen-bond donors (Lipinski definition) is 2. The number of thiazole rings is 1. The van der Waals surface area contributed by atoms with Crippen LogP contribution in [0.25, 0.3) is 0 Å². The molecular weight excluding hydrogens is 242 g/mol. The highest BCUT2D eigenvalue weighted by molar-refractivity contribution is 7.98. The average molecular weight is 259 g/mol. The van der Waals surface area contributed by atoms with Crippen molar-refractivity contribution in [2.24, 2.45) is 5.84 Å². The normalized spacial score (nSPS) is 10.4. The van der Waals surface area contributed by atoms with E-state index in [-0.39, 0.29) is 5.91 Å². The lowest BCUT2D eigenvalue weighted by molar-refractivity contribution is 0.0956. The third kappa shape index (κ3) is 3.47. The van der Waals surface area contributed by atoms with E-state index in [1.807, 2.05) is 18.7 Å². The van der Waals surface area contributed by atoms with Crippen LogP contribution in [0.5, 0.6) is 0 Å². The van der Waals surface area contributed by atoms with Gasteiger partial charge in [0.1, 0.15) is 9.88 Å². The Bertz CT molecular complexity index is 352. The third-order valence-corrected chi connectivity index (χ3v) is 4.44. The zero-order valence-electron chi connectivity index (χ0n) is 9.58. The van der Waals surface area contributed by atoms with Gasteiger partial charge in [-0.1, -0.05) is 13.8 Å². The molecule has 0 atom stereocenters. The topological polar surface area (TPSA) is 68.0 Å². The van der Waals surface area contributed by atoms with Gasteiger partial charge < -0.3 is 0 Å². The lowest BCUT2D eigenvalue weighted by Crippen LogP contribution is -2.30. The number of hydrazine groups is 1. The maximum Gasteiger partial charge on any atom is 0.277 e. The molecule has 4 nitrogen and oxygen atoms in total. The van der Waals surface area contributed by atoms with E-state index < -0.39 is 0 Å². The fourth-order valence-electron chi connectivity index (χ4n) is 1.25. The molecule has 0 aromatic carbocycles. The van der Waals surface area contributed by atoms with Gasteiger partial charge in [0.25, 0.3) is 5.91 Å². The second-order valence-electron chi connectivity index (χ2n) is 3.26. The first-order valence-electron chi connectivity index (χ1n) is 5.30. The Balaban J connectivity index is 2.73. The molecule has 1 rings (SSSR count).